The maximum absolute atomic E-state index is 10.7. The van der Waals surface area contributed by atoms with Crippen LogP contribution in [0.15, 0.2) is 122 Å². The number of fused-ring (bicyclic) bond motifs is 1. The maximum Gasteiger partial charge on any atom is 0.150 e. The van der Waals surface area contributed by atoms with Crippen molar-refractivity contribution in [3.8, 4) is 17.2 Å². The highest BCUT2D eigenvalue weighted by Gasteiger charge is 2.02. The van der Waals surface area contributed by atoms with E-state index in [0.29, 0.717) is 30.6 Å². The van der Waals surface area contributed by atoms with Gasteiger partial charge in [0.1, 0.15) is 36.1 Å². The van der Waals surface area contributed by atoms with Crippen molar-refractivity contribution < 1.29 is 33.3 Å². The van der Waals surface area contributed by atoms with Gasteiger partial charge < -0.3 is 18.9 Å². The zero-order valence-corrected chi connectivity index (χ0v) is 33.0. The first kappa shape index (κ1) is 45.1. The Morgan fingerprint density at radius 3 is 1.69 bits per heavy atom. The highest BCUT2D eigenvalue weighted by Crippen LogP contribution is 2.22. The van der Waals surface area contributed by atoms with Gasteiger partial charge >= 0.3 is 0 Å². The molecular weight excluding hydrogens is 689 g/mol. The van der Waals surface area contributed by atoms with Crippen LogP contribution in [0.2, 0.25) is 0 Å². The van der Waals surface area contributed by atoms with Gasteiger partial charge in [0.15, 0.2) is 0 Å². The molecule has 0 fully saturated rings. The number of hydrogen-bond acceptors (Lipinski definition) is 7. The maximum atomic E-state index is 10.7. The standard InChI is InChI=1S/C21H24O.C15H16O3.C9H10O2.C3H4O/c1-4-6-18-14-19(7-5-2)16-20(15-18)9-8-17-10-12-21(22-3)13-11-17;1-17-7-2-8-18-15-6-5-13-9-12(11-16)3-4-14(13)10-15;1-7-5-8(6-10)3-4-9(7)11-2;1-2-3-4/h4-7,10-16H,8-9H2,1-3H3;3-6,9-11H,2,7-8H2,1H3;3-6H,1-2H3;2-3H,1H2/b6-4-,7-5-;;;. The second-order valence-electron chi connectivity index (χ2n) is 12.2. The average molecular weight is 743 g/mol. The Morgan fingerprint density at radius 2 is 1.15 bits per heavy atom. The van der Waals surface area contributed by atoms with Crippen molar-refractivity contribution in [3.63, 3.8) is 0 Å². The average Bonchev–Trinajstić information content (AvgIpc) is 3.22. The van der Waals surface area contributed by atoms with E-state index in [4.69, 9.17) is 23.7 Å². The molecule has 0 amide bonds. The molecule has 7 nitrogen and oxygen atoms in total. The number of carbonyl (C=O) groups excluding carboxylic acids is 3. The molecule has 0 spiro atoms. The molecule has 7 heteroatoms. The molecule has 0 aliphatic rings. The van der Waals surface area contributed by atoms with E-state index in [2.05, 4.69) is 75.1 Å². The van der Waals surface area contributed by atoms with Crippen LogP contribution >= 0.6 is 0 Å². The number of aryl methyl sites for hydroxylation is 3. The van der Waals surface area contributed by atoms with Gasteiger partial charge in [-0.15, -0.1) is 0 Å². The number of carbonyl (C=O) groups is 3. The van der Waals surface area contributed by atoms with Crippen LogP contribution < -0.4 is 14.2 Å². The summed E-state index contributed by atoms with van der Waals surface area (Å²) >= 11 is 0. The van der Waals surface area contributed by atoms with Crippen LogP contribution in [0.1, 0.15) is 68.8 Å². The van der Waals surface area contributed by atoms with E-state index in [0.717, 1.165) is 65.4 Å². The summed E-state index contributed by atoms with van der Waals surface area (Å²) in [4.78, 5) is 30.1. The minimum atomic E-state index is 0.639. The van der Waals surface area contributed by atoms with Crippen LogP contribution in [0.4, 0.5) is 0 Å². The van der Waals surface area contributed by atoms with Crippen LogP contribution in [0.25, 0.3) is 22.9 Å². The van der Waals surface area contributed by atoms with Crippen molar-refractivity contribution in [1.29, 1.82) is 0 Å². The first-order chi connectivity index (χ1) is 26.8. The SMILES string of the molecule is C/C=C\c1cc(/C=C\C)cc(CCc2ccc(OC)cc2)c1.C=CC=O.COCCCOc1ccc2cc(C=O)ccc2c1.COc1ccc(C=O)cc1C. The molecule has 5 rings (SSSR count). The van der Waals surface area contributed by atoms with Gasteiger partial charge in [0.2, 0.25) is 0 Å². The number of hydrogen-bond donors (Lipinski definition) is 0. The first-order valence-corrected chi connectivity index (χ1v) is 18.1. The second-order valence-corrected chi connectivity index (χ2v) is 12.2. The molecule has 0 aliphatic heterocycles. The van der Waals surface area contributed by atoms with Crippen molar-refractivity contribution in [2.75, 3.05) is 34.5 Å². The van der Waals surface area contributed by atoms with Crippen molar-refractivity contribution in [2.24, 2.45) is 0 Å². The Morgan fingerprint density at radius 1 is 0.582 bits per heavy atom. The quantitative estimate of drug-likeness (QED) is 0.0599. The summed E-state index contributed by atoms with van der Waals surface area (Å²) in [5, 5.41) is 2.12. The Hall–Kier alpha value is -6.05. The predicted octanol–water partition coefficient (Wildman–Crippen LogP) is 10.8. The zero-order valence-electron chi connectivity index (χ0n) is 33.0. The number of aldehydes is 3. The monoisotopic (exact) mass is 742 g/mol. The smallest absolute Gasteiger partial charge is 0.150 e. The molecule has 0 N–H and O–H groups in total. The van der Waals surface area contributed by atoms with Crippen molar-refractivity contribution >= 4 is 41.8 Å². The summed E-state index contributed by atoms with van der Waals surface area (Å²) < 4.78 is 20.8. The Balaban J connectivity index is 0.000000284. The van der Waals surface area contributed by atoms with E-state index in [9.17, 15) is 9.59 Å². The largest absolute Gasteiger partial charge is 0.497 e. The lowest BCUT2D eigenvalue weighted by molar-refractivity contribution is -0.104. The minimum Gasteiger partial charge on any atom is -0.497 e. The molecule has 5 aromatic carbocycles. The molecular formula is C48H54O7. The van der Waals surface area contributed by atoms with Crippen LogP contribution in [-0.4, -0.2) is 53.4 Å². The van der Waals surface area contributed by atoms with Crippen LogP contribution in [0, 0.1) is 6.92 Å². The van der Waals surface area contributed by atoms with E-state index in [1.165, 1.54) is 28.3 Å². The summed E-state index contributed by atoms with van der Waals surface area (Å²) in [5.74, 6) is 2.57. The fourth-order valence-electron chi connectivity index (χ4n) is 5.32. The number of ether oxygens (including phenoxy) is 4. The summed E-state index contributed by atoms with van der Waals surface area (Å²) in [6.45, 7) is 10.5. The molecule has 0 heterocycles. The van der Waals surface area contributed by atoms with Crippen LogP contribution in [0.3, 0.4) is 0 Å². The molecule has 0 saturated heterocycles. The Labute approximate surface area is 326 Å². The van der Waals surface area contributed by atoms with Gasteiger partial charge in [0, 0.05) is 31.3 Å². The predicted molar refractivity (Wildman–Crippen MR) is 227 cm³/mol. The van der Waals surface area contributed by atoms with Gasteiger partial charge in [-0.2, -0.15) is 0 Å². The van der Waals surface area contributed by atoms with Crippen molar-refractivity contribution in [2.45, 2.75) is 40.0 Å². The molecule has 0 aromatic heterocycles. The number of methoxy groups -OCH3 is 3. The minimum absolute atomic E-state index is 0.639. The molecule has 0 bridgehead atoms. The normalized spacial score (nSPS) is 10.2. The van der Waals surface area contributed by atoms with Gasteiger partial charge in [-0.05, 0) is 133 Å². The van der Waals surface area contributed by atoms with Gasteiger partial charge in [-0.3, -0.25) is 14.4 Å². The topological polar surface area (TPSA) is 88.1 Å². The Bertz CT molecular complexity index is 1940. The third kappa shape index (κ3) is 17.1. The van der Waals surface area contributed by atoms with Gasteiger partial charge in [-0.25, -0.2) is 0 Å². The first-order valence-electron chi connectivity index (χ1n) is 18.1. The lowest BCUT2D eigenvalue weighted by Gasteiger charge is -2.07. The number of allylic oxidation sites excluding steroid dienone is 3. The molecule has 0 atom stereocenters. The van der Waals surface area contributed by atoms with Gasteiger partial charge in [-0.1, -0.05) is 73.3 Å². The van der Waals surface area contributed by atoms with E-state index in [1.54, 1.807) is 39.5 Å². The molecule has 5 aromatic rings. The van der Waals surface area contributed by atoms with E-state index < -0.39 is 0 Å². The fourth-order valence-corrected chi connectivity index (χ4v) is 5.32. The third-order valence-corrected chi connectivity index (χ3v) is 8.00. The molecule has 0 saturated carbocycles. The molecule has 0 aliphatic carbocycles. The fraction of sp³-hybridized carbons (Fsp3) is 0.229. The van der Waals surface area contributed by atoms with E-state index in [1.807, 2.05) is 55.5 Å². The highest BCUT2D eigenvalue weighted by atomic mass is 16.5. The van der Waals surface area contributed by atoms with E-state index >= 15 is 0 Å². The van der Waals surface area contributed by atoms with E-state index in [-0.39, 0.29) is 0 Å². The van der Waals surface area contributed by atoms with Gasteiger partial charge in [0.05, 0.1) is 20.8 Å². The summed E-state index contributed by atoms with van der Waals surface area (Å²) in [5.41, 5.74) is 7.60. The van der Waals surface area contributed by atoms with Crippen molar-refractivity contribution in [3.05, 3.63) is 161 Å². The lowest BCUT2D eigenvalue weighted by atomic mass is 9.99. The number of benzene rings is 5. The zero-order chi connectivity index (χ0) is 40.3. The third-order valence-electron chi connectivity index (χ3n) is 8.00. The van der Waals surface area contributed by atoms with Crippen molar-refractivity contribution in [1.82, 2.24) is 0 Å². The Kier molecular flexibility index (Phi) is 21.9. The summed E-state index contributed by atoms with van der Waals surface area (Å²) in [6.07, 6.45) is 15.0. The van der Waals surface area contributed by atoms with Gasteiger partial charge in [0.25, 0.3) is 0 Å². The number of rotatable bonds is 15. The molecule has 288 valence electrons. The molecule has 0 unspecified atom stereocenters. The van der Waals surface area contributed by atoms with Crippen LogP contribution in [0.5, 0.6) is 17.2 Å². The summed E-state index contributed by atoms with van der Waals surface area (Å²) in [7, 11) is 4.99. The molecule has 55 heavy (non-hydrogen) atoms. The van der Waals surface area contributed by atoms with Crippen LogP contribution in [-0.2, 0) is 22.4 Å². The highest BCUT2D eigenvalue weighted by molar-refractivity contribution is 5.89. The lowest BCUT2D eigenvalue weighted by Crippen LogP contribution is -2.01. The second kappa shape index (κ2) is 26.7. The summed E-state index contributed by atoms with van der Waals surface area (Å²) in [6, 6.07) is 31.9. The molecule has 0 radical (unpaired) electrons.